The zero-order valence-electron chi connectivity index (χ0n) is 8.52. The molecule has 1 saturated heterocycles. The van der Waals surface area contributed by atoms with Crippen molar-refractivity contribution in [1.29, 1.82) is 0 Å². The summed E-state index contributed by atoms with van der Waals surface area (Å²) in [5, 5.41) is 4.44. The van der Waals surface area contributed by atoms with Crippen molar-refractivity contribution in [3.05, 3.63) is 34.9 Å². The van der Waals surface area contributed by atoms with E-state index in [0.29, 0.717) is 0 Å². The minimum Gasteiger partial charge on any atom is -0.311 e. The van der Waals surface area contributed by atoms with Crippen LogP contribution in [-0.2, 0) is 6.42 Å². The van der Waals surface area contributed by atoms with Crippen LogP contribution >= 0.6 is 11.6 Å². The van der Waals surface area contributed by atoms with Gasteiger partial charge >= 0.3 is 0 Å². The highest BCUT2D eigenvalue weighted by Crippen LogP contribution is 2.26. The molecular formula is C12H16ClN. The molecule has 1 aliphatic rings. The summed E-state index contributed by atoms with van der Waals surface area (Å²) in [7, 11) is 0. The summed E-state index contributed by atoms with van der Waals surface area (Å²) in [4.78, 5) is 0. The largest absolute Gasteiger partial charge is 0.311 e. The van der Waals surface area contributed by atoms with E-state index in [2.05, 4.69) is 24.4 Å². The topological polar surface area (TPSA) is 12.0 Å². The van der Waals surface area contributed by atoms with E-state index in [1.165, 1.54) is 18.4 Å². The fourth-order valence-corrected chi connectivity index (χ4v) is 2.37. The SMILES string of the molecule is CC1(Cc2ccccc2Cl)CCCN1. The third kappa shape index (κ3) is 2.10. The second-order valence-electron chi connectivity index (χ2n) is 4.36. The lowest BCUT2D eigenvalue weighted by Crippen LogP contribution is -2.38. The van der Waals surface area contributed by atoms with Gasteiger partial charge in [-0.25, -0.2) is 0 Å². The molecule has 0 saturated carbocycles. The van der Waals surface area contributed by atoms with Crippen molar-refractivity contribution < 1.29 is 0 Å². The molecule has 0 amide bonds. The monoisotopic (exact) mass is 209 g/mol. The summed E-state index contributed by atoms with van der Waals surface area (Å²) in [6, 6.07) is 8.12. The van der Waals surface area contributed by atoms with E-state index in [9.17, 15) is 0 Å². The van der Waals surface area contributed by atoms with Gasteiger partial charge in [-0.2, -0.15) is 0 Å². The number of hydrogen-bond acceptors (Lipinski definition) is 1. The van der Waals surface area contributed by atoms with Crippen LogP contribution in [0, 0.1) is 0 Å². The minimum absolute atomic E-state index is 0.255. The number of rotatable bonds is 2. The van der Waals surface area contributed by atoms with Crippen LogP contribution in [0.1, 0.15) is 25.3 Å². The molecule has 1 aromatic rings. The highest BCUT2D eigenvalue weighted by atomic mass is 35.5. The van der Waals surface area contributed by atoms with E-state index in [0.717, 1.165) is 18.0 Å². The van der Waals surface area contributed by atoms with E-state index < -0.39 is 0 Å². The second-order valence-corrected chi connectivity index (χ2v) is 4.77. The number of benzene rings is 1. The van der Waals surface area contributed by atoms with Crippen LogP contribution in [0.25, 0.3) is 0 Å². The van der Waals surface area contributed by atoms with Gasteiger partial charge in [0.25, 0.3) is 0 Å². The van der Waals surface area contributed by atoms with Crippen LogP contribution < -0.4 is 5.32 Å². The molecular weight excluding hydrogens is 194 g/mol. The molecule has 2 heteroatoms. The Labute approximate surface area is 90.5 Å². The van der Waals surface area contributed by atoms with Gasteiger partial charge < -0.3 is 5.32 Å². The highest BCUT2D eigenvalue weighted by molar-refractivity contribution is 6.31. The van der Waals surface area contributed by atoms with Crippen molar-refractivity contribution in [2.75, 3.05) is 6.54 Å². The van der Waals surface area contributed by atoms with Gasteiger partial charge in [-0.3, -0.25) is 0 Å². The number of halogens is 1. The summed E-state index contributed by atoms with van der Waals surface area (Å²) >= 11 is 6.14. The lowest BCUT2D eigenvalue weighted by molar-refractivity contribution is 0.413. The molecule has 0 bridgehead atoms. The number of nitrogens with one attached hydrogen (secondary N) is 1. The molecule has 1 nitrogen and oxygen atoms in total. The molecule has 1 atom stereocenters. The first-order valence-corrected chi connectivity index (χ1v) is 5.56. The Morgan fingerprint density at radius 1 is 1.43 bits per heavy atom. The van der Waals surface area contributed by atoms with Crippen molar-refractivity contribution in [1.82, 2.24) is 5.32 Å². The summed E-state index contributed by atoms with van der Waals surface area (Å²) < 4.78 is 0. The van der Waals surface area contributed by atoms with Crippen LogP contribution in [0.15, 0.2) is 24.3 Å². The van der Waals surface area contributed by atoms with E-state index in [4.69, 9.17) is 11.6 Å². The lowest BCUT2D eigenvalue weighted by Gasteiger charge is -2.24. The third-order valence-corrected chi connectivity index (χ3v) is 3.36. The molecule has 1 aliphatic heterocycles. The van der Waals surface area contributed by atoms with Crippen LogP contribution in [0.3, 0.4) is 0 Å². The fourth-order valence-electron chi connectivity index (χ4n) is 2.17. The Morgan fingerprint density at radius 2 is 2.21 bits per heavy atom. The van der Waals surface area contributed by atoms with Gasteiger partial charge in [-0.05, 0) is 44.4 Å². The van der Waals surface area contributed by atoms with Gasteiger partial charge in [0.05, 0.1) is 0 Å². The van der Waals surface area contributed by atoms with Crippen molar-refractivity contribution in [2.24, 2.45) is 0 Å². The highest BCUT2D eigenvalue weighted by Gasteiger charge is 2.28. The molecule has 0 aromatic heterocycles. The van der Waals surface area contributed by atoms with Crippen LogP contribution in [0.5, 0.6) is 0 Å². The van der Waals surface area contributed by atoms with Gasteiger partial charge in [-0.1, -0.05) is 29.8 Å². The van der Waals surface area contributed by atoms with Crippen LogP contribution in [0.4, 0.5) is 0 Å². The number of hydrogen-bond donors (Lipinski definition) is 1. The maximum atomic E-state index is 6.14. The first kappa shape index (κ1) is 10.0. The molecule has 1 heterocycles. The maximum absolute atomic E-state index is 6.14. The molecule has 2 rings (SSSR count). The van der Waals surface area contributed by atoms with Crippen LogP contribution in [-0.4, -0.2) is 12.1 Å². The lowest BCUT2D eigenvalue weighted by atomic mass is 9.91. The van der Waals surface area contributed by atoms with Crippen molar-refractivity contribution in [3.8, 4) is 0 Å². The molecule has 0 radical (unpaired) electrons. The average molecular weight is 210 g/mol. The minimum atomic E-state index is 0.255. The summed E-state index contributed by atoms with van der Waals surface area (Å²) in [6.07, 6.45) is 3.56. The van der Waals surface area contributed by atoms with Gasteiger partial charge in [0, 0.05) is 10.6 Å². The van der Waals surface area contributed by atoms with Gasteiger partial charge in [0.2, 0.25) is 0 Å². The van der Waals surface area contributed by atoms with Gasteiger partial charge in [0.15, 0.2) is 0 Å². The smallest absolute Gasteiger partial charge is 0.0438 e. The first-order chi connectivity index (χ1) is 6.70. The third-order valence-electron chi connectivity index (χ3n) is 3.00. The summed E-state index contributed by atoms with van der Waals surface area (Å²) in [5.74, 6) is 0. The molecule has 1 N–H and O–H groups in total. The molecule has 1 unspecified atom stereocenters. The standard InChI is InChI=1S/C12H16ClN/c1-12(7-4-8-14-12)9-10-5-2-3-6-11(10)13/h2-3,5-6,14H,4,7-9H2,1H3. The Morgan fingerprint density at radius 3 is 2.86 bits per heavy atom. The Hall–Kier alpha value is -0.530. The molecule has 76 valence electrons. The summed E-state index contributed by atoms with van der Waals surface area (Å²) in [5.41, 5.74) is 1.51. The second kappa shape index (κ2) is 3.92. The zero-order chi connectivity index (χ0) is 10.0. The molecule has 0 aliphatic carbocycles. The van der Waals surface area contributed by atoms with Crippen molar-refractivity contribution >= 4 is 11.6 Å². The Bertz CT molecular complexity index is 316. The van der Waals surface area contributed by atoms with E-state index >= 15 is 0 Å². The summed E-state index contributed by atoms with van der Waals surface area (Å²) in [6.45, 7) is 3.42. The zero-order valence-corrected chi connectivity index (χ0v) is 9.27. The quantitative estimate of drug-likeness (QED) is 0.790. The predicted molar refractivity (Wildman–Crippen MR) is 60.8 cm³/mol. The van der Waals surface area contributed by atoms with Crippen molar-refractivity contribution in [2.45, 2.75) is 31.7 Å². The van der Waals surface area contributed by atoms with Gasteiger partial charge in [0.1, 0.15) is 0 Å². The van der Waals surface area contributed by atoms with E-state index in [1.54, 1.807) is 0 Å². The molecule has 1 aromatic carbocycles. The van der Waals surface area contributed by atoms with E-state index in [1.807, 2.05) is 12.1 Å². The Balaban J connectivity index is 2.14. The maximum Gasteiger partial charge on any atom is 0.0438 e. The fraction of sp³-hybridized carbons (Fsp3) is 0.500. The average Bonchev–Trinajstić information content (AvgIpc) is 2.57. The predicted octanol–water partition coefficient (Wildman–Crippen LogP) is 3.02. The first-order valence-electron chi connectivity index (χ1n) is 5.18. The van der Waals surface area contributed by atoms with Crippen LogP contribution in [0.2, 0.25) is 5.02 Å². The molecule has 1 fully saturated rings. The normalized spacial score (nSPS) is 26.7. The van der Waals surface area contributed by atoms with Crippen molar-refractivity contribution in [3.63, 3.8) is 0 Å². The van der Waals surface area contributed by atoms with E-state index in [-0.39, 0.29) is 5.54 Å². The molecule has 14 heavy (non-hydrogen) atoms. The Kier molecular flexibility index (Phi) is 2.80. The van der Waals surface area contributed by atoms with Gasteiger partial charge in [-0.15, -0.1) is 0 Å². The molecule has 0 spiro atoms.